The summed E-state index contributed by atoms with van der Waals surface area (Å²) >= 11 is 0. The van der Waals surface area contributed by atoms with Crippen molar-refractivity contribution >= 4 is 16.6 Å². The fraction of sp³-hybridized carbons (Fsp3) is 0.0625. The molecule has 1 radical (unpaired) electrons. The lowest BCUT2D eigenvalue weighted by atomic mass is 9.99. The van der Waals surface area contributed by atoms with Gasteiger partial charge < -0.3 is 0 Å². The molecule has 0 saturated heterocycles. The molecule has 1 aromatic heterocycles. The highest BCUT2D eigenvalue weighted by molar-refractivity contribution is 5.96. The highest BCUT2D eigenvalue weighted by Crippen LogP contribution is 2.37. The maximum absolute atomic E-state index is 13.1. The third-order valence-corrected chi connectivity index (χ3v) is 3.36. The Morgan fingerprint density at radius 1 is 1.13 bits per heavy atom. The van der Waals surface area contributed by atoms with E-state index in [1.165, 1.54) is 30.3 Å². The Labute approximate surface area is 128 Å². The number of rotatable bonds is 2. The van der Waals surface area contributed by atoms with Crippen LogP contribution < -0.4 is 0 Å². The van der Waals surface area contributed by atoms with Crippen molar-refractivity contribution in [2.75, 3.05) is 0 Å². The number of nitrogens with zero attached hydrogens (tertiary/aromatic N) is 2. The van der Waals surface area contributed by atoms with E-state index in [9.17, 15) is 23.3 Å². The van der Waals surface area contributed by atoms with Crippen LogP contribution in [0.3, 0.4) is 0 Å². The molecule has 3 rings (SSSR count). The maximum atomic E-state index is 13.1. The number of halogens is 3. The number of aromatic nitrogens is 1. The summed E-state index contributed by atoms with van der Waals surface area (Å²) in [6, 6.07) is 12.2. The maximum Gasteiger partial charge on any atom is 0.418 e. The fourth-order valence-corrected chi connectivity index (χ4v) is 2.37. The lowest BCUT2D eigenvalue weighted by Gasteiger charge is -2.11. The summed E-state index contributed by atoms with van der Waals surface area (Å²) in [7, 11) is 0. The molecule has 1 heterocycles. The Hall–Kier alpha value is -2.96. The molecule has 3 aromatic rings. The van der Waals surface area contributed by atoms with E-state index in [4.69, 9.17) is 0 Å². The number of nitro benzene ring substituents is 1. The largest absolute Gasteiger partial charge is 0.418 e. The van der Waals surface area contributed by atoms with E-state index in [0.717, 1.165) is 12.3 Å². The topological polar surface area (TPSA) is 56.0 Å². The first-order valence-corrected chi connectivity index (χ1v) is 6.49. The molecular weight excluding hydrogens is 309 g/mol. The lowest BCUT2D eigenvalue weighted by molar-refractivity contribution is -0.384. The molecule has 0 bridgehead atoms. The summed E-state index contributed by atoms with van der Waals surface area (Å²) in [5.41, 5.74) is -0.459. The Bertz CT molecular complexity index is 907. The highest BCUT2D eigenvalue weighted by Gasteiger charge is 2.33. The first kappa shape index (κ1) is 15.0. The highest BCUT2D eigenvalue weighted by atomic mass is 19.4. The SMILES string of the molecule is O=[N+]([O-])c1cccc(-c2[c]cnc3c(C(F)(F)F)cccc23)c1. The molecule has 115 valence electrons. The Balaban J connectivity index is 2.28. The lowest BCUT2D eigenvalue weighted by Crippen LogP contribution is -2.06. The normalized spacial score (nSPS) is 11.6. The number of alkyl halides is 3. The minimum absolute atomic E-state index is 0.146. The Morgan fingerprint density at radius 2 is 1.87 bits per heavy atom. The van der Waals surface area contributed by atoms with Crippen molar-refractivity contribution in [2.24, 2.45) is 0 Å². The number of fused-ring (bicyclic) bond motifs is 1. The molecule has 0 fully saturated rings. The molecule has 0 unspecified atom stereocenters. The number of nitro groups is 1. The van der Waals surface area contributed by atoms with Gasteiger partial charge in [-0.25, -0.2) is 0 Å². The Morgan fingerprint density at radius 3 is 2.57 bits per heavy atom. The third-order valence-electron chi connectivity index (χ3n) is 3.36. The van der Waals surface area contributed by atoms with Crippen LogP contribution in [0.5, 0.6) is 0 Å². The van der Waals surface area contributed by atoms with Crippen LogP contribution in [0.25, 0.3) is 22.0 Å². The number of para-hydroxylation sites is 1. The molecule has 0 amide bonds. The Kier molecular flexibility index (Phi) is 3.48. The second kappa shape index (κ2) is 5.35. The molecule has 0 atom stereocenters. The summed E-state index contributed by atoms with van der Waals surface area (Å²) in [5.74, 6) is 0. The van der Waals surface area contributed by atoms with E-state index >= 15 is 0 Å². The van der Waals surface area contributed by atoms with Crippen LogP contribution in [0, 0.1) is 16.2 Å². The first-order chi connectivity index (χ1) is 10.9. The van der Waals surface area contributed by atoms with Crippen LogP contribution in [-0.2, 0) is 6.18 Å². The van der Waals surface area contributed by atoms with E-state index in [1.54, 1.807) is 6.07 Å². The van der Waals surface area contributed by atoms with Gasteiger partial charge in [-0.2, -0.15) is 13.2 Å². The van der Waals surface area contributed by atoms with Crippen LogP contribution >= 0.6 is 0 Å². The van der Waals surface area contributed by atoms with Crippen LogP contribution in [0.15, 0.2) is 48.7 Å². The molecule has 0 spiro atoms. The van der Waals surface area contributed by atoms with Gasteiger partial charge in [-0.15, -0.1) is 0 Å². The first-order valence-electron chi connectivity index (χ1n) is 6.49. The number of benzene rings is 2. The third kappa shape index (κ3) is 2.73. The molecule has 0 aliphatic heterocycles. The van der Waals surface area contributed by atoms with Gasteiger partial charge in [0.15, 0.2) is 0 Å². The van der Waals surface area contributed by atoms with Crippen LogP contribution in [0.1, 0.15) is 5.56 Å². The van der Waals surface area contributed by atoms with Crippen molar-refractivity contribution in [1.82, 2.24) is 4.98 Å². The van der Waals surface area contributed by atoms with Crippen molar-refractivity contribution in [3.8, 4) is 11.1 Å². The van der Waals surface area contributed by atoms with E-state index in [2.05, 4.69) is 11.1 Å². The molecule has 0 saturated carbocycles. The van der Waals surface area contributed by atoms with Crippen LogP contribution in [-0.4, -0.2) is 9.91 Å². The van der Waals surface area contributed by atoms with Crippen molar-refractivity contribution < 1.29 is 18.1 Å². The van der Waals surface area contributed by atoms with Crippen molar-refractivity contribution in [2.45, 2.75) is 6.18 Å². The van der Waals surface area contributed by atoms with Gasteiger partial charge in [0.05, 0.1) is 16.0 Å². The zero-order chi connectivity index (χ0) is 16.6. The average Bonchev–Trinajstić information content (AvgIpc) is 2.53. The van der Waals surface area contributed by atoms with E-state index in [1.807, 2.05) is 0 Å². The van der Waals surface area contributed by atoms with Crippen molar-refractivity contribution in [3.05, 3.63) is 70.4 Å². The van der Waals surface area contributed by atoms with E-state index in [-0.39, 0.29) is 16.6 Å². The number of hydrogen-bond donors (Lipinski definition) is 0. The van der Waals surface area contributed by atoms with Gasteiger partial charge in [0.25, 0.3) is 5.69 Å². The minimum atomic E-state index is -4.53. The molecule has 0 aliphatic rings. The van der Waals surface area contributed by atoms with Gasteiger partial charge >= 0.3 is 6.18 Å². The number of non-ortho nitro benzene ring substituents is 1. The van der Waals surface area contributed by atoms with Crippen molar-refractivity contribution in [1.29, 1.82) is 0 Å². The predicted molar refractivity (Wildman–Crippen MR) is 77.7 cm³/mol. The van der Waals surface area contributed by atoms with Crippen LogP contribution in [0.4, 0.5) is 18.9 Å². The zero-order valence-corrected chi connectivity index (χ0v) is 11.5. The summed E-state index contributed by atoms with van der Waals surface area (Å²) < 4.78 is 39.2. The van der Waals surface area contributed by atoms with Crippen LogP contribution in [0.2, 0.25) is 0 Å². The second-order valence-corrected chi connectivity index (χ2v) is 4.78. The van der Waals surface area contributed by atoms with Gasteiger partial charge in [-0.1, -0.05) is 24.3 Å². The second-order valence-electron chi connectivity index (χ2n) is 4.78. The molecule has 2 aromatic carbocycles. The summed E-state index contributed by atoms with van der Waals surface area (Å²) in [5, 5.41) is 11.1. The monoisotopic (exact) mass is 317 g/mol. The number of hydrogen-bond acceptors (Lipinski definition) is 3. The molecule has 23 heavy (non-hydrogen) atoms. The van der Waals surface area contributed by atoms with Gasteiger partial charge in [-0.3, -0.25) is 15.1 Å². The van der Waals surface area contributed by atoms with E-state index < -0.39 is 16.7 Å². The van der Waals surface area contributed by atoms with Gasteiger partial charge in [-0.05, 0) is 11.6 Å². The summed E-state index contributed by atoms with van der Waals surface area (Å²) in [6.07, 6.45) is -3.39. The molecule has 0 N–H and O–H groups in total. The number of pyridine rings is 1. The quantitative estimate of drug-likeness (QED) is 0.511. The molecule has 0 aliphatic carbocycles. The molecule has 7 heteroatoms. The average molecular weight is 317 g/mol. The van der Waals surface area contributed by atoms with Gasteiger partial charge in [0.1, 0.15) is 0 Å². The fourth-order valence-electron chi connectivity index (χ4n) is 2.37. The minimum Gasteiger partial charge on any atom is -0.258 e. The smallest absolute Gasteiger partial charge is 0.258 e. The van der Waals surface area contributed by atoms with Gasteiger partial charge in [0, 0.05) is 35.3 Å². The predicted octanol–water partition coefficient (Wildman–Crippen LogP) is 4.63. The molecule has 4 nitrogen and oxygen atoms in total. The summed E-state index contributed by atoms with van der Waals surface area (Å²) in [4.78, 5) is 14.1. The zero-order valence-electron chi connectivity index (χ0n) is 11.5. The van der Waals surface area contributed by atoms with Gasteiger partial charge in [0.2, 0.25) is 0 Å². The van der Waals surface area contributed by atoms with Crippen molar-refractivity contribution in [3.63, 3.8) is 0 Å². The van der Waals surface area contributed by atoms with E-state index in [0.29, 0.717) is 11.1 Å². The summed E-state index contributed by atoms with van der Waals surface area (Å²) in [6.45, 7) is 0. The molecular formula is C16H8F3N2O2. The standard InChI is InChI=1S/C16H8F3N2O2/c17-16(18,19)14-6-2-5-13-12(7-8-20-15(13)14)10-3-1-4-11(9-10)21(22)23/h1-6,8-9H.